The smallest absolute Gasteiger partial charge is 0.341 e. The van der Waals surface area contributed by atoms with Crippen molar-refractivity contribution in [3.8, 4) is 0 Å². The topological polar surface area (TPSA) is 92.7 Å². The van der Waals surface area contributed by atoms with Gasteiger partial charge in [-0.15, -0.1) is 11.3 Å². The molecule has 0 aliphatic heterocycles. The lowest BCUT2D eigenvalue weighted by atomic mass is 9.79. The quantitative estimate of drug-likeness (QED) is 0.804. The molecule has 1 amide bonds. The second kappa shape index (κ2) is 7.59. The summed E-state index contributed by atoms with van der Waals surface area (Å²) in [6.07, 6.45) is 2.74. The fourth-order valence-electron chi connectivity index (χ4n) is 2.91. The minimum atomic E-state index is -0.933. The van der Waals surface area contributed by atoms with Crippen LogP contribution < -0.4 is 5.32 Å². The van der Waals surface area contributed by atoms with Gasteiger partial charge in [0.05, 0.1) is 24.0 Å². The van der Waals surface area contributed by atoms with Gasteiger partial charge in [0.25, 0.3) is 0 Å². The molecule has 1 aromatic rings. The maximum absolute atomic E-state index is 12.5. The van der Waals surface area contributed by atoms with Crippen LogP contribution in [0.5, 0.6) is 0 Å². The molecule has 1 saturated carbocycles. The van der Waals surface area contributed by atoms with Crippen molar-refractivity contribution in [3.63, 3.8) is 0 Å². The molecular weight excluding hydrogens is 318 g/mol. The number of rotatable bonds is 5. The predicted octanol–water partition coefficient (Wildman–Crippen LogP) is 3.06. The molecule has 1 aliphatic rings. The van der Waals surface area contributed by atoms with Crippen molar-refractivity contribution in [2.45, 2.75) is 39.5 Å². The summed E-state index contributed by atoms with van der Waals surface area (Å²) in [5, 5.41) is 12.5. The summed E-state index contributed by atoms with van der Waals surface area (Å²) < 4.78 is 4.99. The Morgan fingerprint density at radius 3 is 2.57 bits per heavy atom. The SMILES string of the molecule is CCOC(=O)c1cc(C)sc1NC(=O)[C@H]1CCCC[C@@H]1C(=O)O. The van der Waals surface area contributed by atoms with Crippen LogP contribution in [0.2, 0.25) is 0 Å². The standard InChI is InChI=1S/C16H21NO5S/c1-3-22-16(21)12-8-9(2)23-14(12)17-13(18)10-6-4-5-7-11(10)15(19)20/h8,10-11H,3-7H2,1-2H3,(H,17,18)(H,19,20)/t10-,11-/m0/s1. The van der Waals surface area contributed by atoms with Crippen molar-refractivity contribution >= 4 is 34.2 Å². The van der Waals surface area contributed by atoms with Crippen molar-refractivity contribution < 1.29 is 24.2 Å². The van der Waals surface area contributed by atoms with Gasteiger partial charge in [0.1, 0.15) is 5.00 Å². The molecule has 0 bridgehead atoms. The number of nitrogens with one attached hydrogen (secondary N) is 1. The molecule has 0 aromatic carbocycles. The van der Waals surface area contributed by atoms with E-state index in [4.69, 9.17) is 4.74 Å². The van der Waals surface area contributed by atoms with E-state index in [1.165, 1.54) is 11.3 Å². The lowest BCUT2D eigenvalue weighted by Gasteiger charge is -2.27. The second-order valence-electron chi connectivity index (χ2n) is 5.65. The van der Waals surface area contributed by atoms with Gasteiger partial charge in [-0.25, -0.2) is 4.79 Å². The molecule has 126 valence electrons. The number of esters is 1. The maximum Gasteiger partial charge on any atom is 0.341 e. The van der Waals surface area contributed by atoms with Gasteiger partial charge in [-0.1, -0.05) is 12.8 Å². The van der Waals surface area contributed by atoms with Crippen molar-refractivity contribution in [2.75, 3.05) is 11.9 Å². The van der Waals surface area contributed by atoms with Crippen LogP contribution >= 0.6 is 11.3 Å². The van der Waals surface area contributed by atoms with Gasteiger partial charge in [-0.05, 0) is 32.8 Å². The van der Waals surface area contributed by atoms with E-state index in [-0.39, 0.29) is 12.5 Å². The third-order valence-corrected chi connectivity index (χ3v) is 4.97. The average molecular weight is 339 g/mol. The van der Waals surface area contributed by atoms with Crippen LogP contribution in [0.15, 0.2) is 6.07 Å². The zero-order valence-electron chi connectivity index (χ0n) is 13.3. The molecule has 0 radical (unpaired) electrons. The molecule has 0 spiro atoms. The van der Waals surface area contributed by atoms with Crippen LogP contribution in [-0.4, -0.2) is 29.6 Å². The van der Waals surface area contributed by atoms with Crippen LogP contribution in [-0.2, 0) is 14.3 Å². The zero-order valence-corrected chi connectivity index (χ0v) is 14.1. The number of ether oxygens (including phenoxy) is 1. The molecule has 0 unspecified atom stereocenters. The number of amides is 1. The summed E-state index contributed by atoms with van der Waals surface area (Å²) in [5.74, 6) is -2.96. The van der Waals surface area contributed by atoms with Crippen molar-refractivity contribution in [1.82, 2.24) is 0 Å². The van der Waals surface area contributed by atoms with E-state index in [2.05, 4.69) is 5.32 Å². The molecule has 0 saturated heterocycles. The summed E-state index contributed by atoms with van der Waals surface area (Å²) in [5.41, 5.74) is 0.324. The summed E-state index contributed by atoms with van der Waals surface area (Å²) in [4.78, 5) is 36.7. The minimum Gasteiger partial charge on any atom is -0.481 e. The average Bonchev–Trinajstić information content (AvgIpc) is 2.88. The first-order chi connectivity index (χ1) is 10.9. The van der Waals surface area contributed by atoms with E-state index in [9.17, 15) is 19.5 Å². The van der Waals surface area contributed by atoms with Crippen LogP contribution in [0.1, 0.15) is 47.8 Å². The van der Waals surface area contributed by atoms with Gasteiger partial charge in [0.15, 0.2) is 0 Å². The number of carbonyl (C=O) groups excluding carboxylic acids is 2. The van der Waals surface area contributed by atoms with Gasteiger partial charge >= 0.3 is 11.9 Å². The van der Waals surface area contributed by atoms with Gasteiger partial charge < -0.3 is 15.2 Å². The van der Waals surface area contributed by atoms with Crippen molar-refractivity contribution in [1.29, 1.82) is 0 Å². The Balaban J connectivity index is 2.16. The lowest BCUT2D eigenvalue weighted by molar-refractivity contribution is -0.147. The fraction of sp³-hybridized carbons (Fsp3) is 0.562. The van der Waals surface area contributed by atoms with Gasteiger partial charge in [0, 0.05) is 4.88 Å². The molecule has 1 fully saturated rings. The third kappa shape index (κ3) is 4.10. The van der Waals surface area contributed by atoms with Gasteiger partial charge in [-0.3, -0.25) is 9.59 Å². The summed E-state index contributed by atoms with van der Waals surface area (Å²) in [6, 6.07) is 1.67. The molecule has 6 nitrogen and oxygen atoms in total. The van der Waals surface area contributed by atoms with Crippen molar-refractivity contribution in [3.05, 3.63) is 16.5 Å². The van der Waals surface area contributed by atoms with Crippen molar-refractivity contribution in [2.24, 2.45) is 11.8 Å². The molecule has 2 rings (SSSR count). The number of aryl methyl sites for hydroxylation is 1. The zero-order chi connectivity index (χ0) is 17.0. The number of carbonyl (C=O) groups is 3. The Morgan fingerprint density at radius 2 is 1.96 bits per heavy atom. The van der Waals surface area contributed by atoms with Gasteiger partial charge in [0.2, 0.25) is 5.91 Å². The molecule has 2 atom stereocenters. The Hall–Kier alpha value is -1.89. The van der Waals surface area contributed by atoms with Gasteiger partial charge in [-0.2, -0.15) is 0 Å². The normalized spacial score (nSPS) is 20.8. The molecule has 1 heterocycles. The number of carboxylic acid groups (broad SMARTS) is 1. The summed E-state index contributed by atoms with van der Waals surface area (Å²) >= 11 is 1.29. The molecule has 23 heavy (non-hydrogen) atoms. The highest BCUT2D eigenvalue weighted by atomic mass is 32.1. The van der Waals surface area contributed by atoms with Crippen LogP contribution in [0.3, 0.4) is 0 Å². The number of thiophene rings is 1. The molecular formula is C16H21NO5S. The highest BCUT2D eigenvalue weighted by molar-refractivity contribution is 7.16. The Bertz CT molecular complexity index is 610. The maximum atomic E-state index is 12.5. The van der Waals surface area contributed by atoms with E-state index in [0.29, 0.717) is 23.4 Å². The number of carboxylic acids is 1. The minimum absolute atomic E-state index is 0.255. The number of hydrogen-bond acceptors (Lipinski definition) is 5. The van der Waals surface area contributed by atoms with E-state index >= 15 is 0 Å². The summed E-state index contributed by atoms with van der Waals surface area (Å²) in [6.45, 7) is 3.81. The first kappa shape index (κ1) is 17.5. The first-order valence-corrected chi connectivity index (χ1v) is 8.57. The largest absolute Gasteiger partial charge is 0.481 e. The lowest BCUT2D eigenvalue weighted by Crippen LogP contribution is -2.36. The molecule has 2 N–H and O–H groups in total. The summed E-state index contributed by atoms with van der Waals surface area (Å²) in [7, 11) is 0. The number of hydrogen-bond donors (Lipinski definition) is 2. The Labute approximate surface area is 138 Å². The first-order valence-electron chi connectivity index (χ1n) is 7.75. The number of anilines is 1. The highest BCUT2D eigenvalue weighted by Crippen LogP contribution is 2.33. The van der Waals surface area contributed by atoms with E-state index < -0.39 is 23.8 Å². The molecule has 7 heteroatoms. The highest BCUT2D eigenvalue weighted by Gasteiger charge is 2.36. The van der Waals surface area contributed by atoms with Crippen LogP contribution in [0.25, 0.3) is 0 Å². The molecule has 1 aromatic heterocycles. The second-order valence-corrected chi connectivity index (χ2v) is 6.90. The fourth-order valence-corrected chi connectivity index (χ4v) is 3.82. The third-order valence-electron chi connectivity index (χ3n) is 4.01. The Kier molecular flexibility index (Phi) is 5.76. The Morgan fingerprint density at radius 1 is 1.30 bits per heavy atom. The van der Waals surface area contributed by atoms with Crippen LogP contribution in [0, 0.1) is 18.8 Å². The predicted molar refractivity (Wildman–Crippen MR) is 86.7 cm³/mol. The van der Waals surface area contributed by atoms with Crippen LogP contribution in [0.4, 0.5) is 5.00 Å². The monoisotopic (exact) mass is 339 g/mol. The van der Waals surface area contributed by atoms with E-state index in [1.54, 1.807) is 13.0 Å². The van der Waals surface area contributed by atoms with E-state index in [0.717, 1.165) is 17.7 Å². The van der Waals surface area contributed by atoms with E-state index in [1.807, 2.05) is 6.92 Å². The molecule has 1 aliphatic carbocycles. The number of aliphatic carboxylic acids is 1.